The summed E-state index contributed by atoms with van der Waals surface area (Å²) in [6.07, 6.45) is -4.48. The Morgan fingerprint density at radius 1 is 1.05 bits per heavy atom. The number of rotatable bonds is 1. The minimum Gasteiger partial charge on any atom is -0.398 e. The summed E-state index contributed by atoms with van der Waals surface area (Å²) in [6.45, 7) is 0. The number of alkyl halides is 3. The van der Waals surface area contributed by atoms with E-state index in [1.165, 1.54) is 0 Å². The summed E-state index contributed by atoms with van der Waals surface area (Å²) in [5, 5.41) is 0. The molecular weight excluding hydrogens is 279 g/mol. The molecule has 0 spiro atoms. The molecule has 0 aliphatic carbocycles. The van der Waals surface area contributed by atoms with Crippen LogP contribution in [0.25, 0.3) is 0 Å². The molecule has 0 atom stereocenters. The standard InChI is InChI=1S/C16H10F3NO/c17-16(18,19)13-7-8-14(20)12(10-13)6-9-15(21)11-4-2-1-3-5-11/h1-5,7-8,10H,20H2. The molecule has 0 aromatic heterocycles. The van der Waals surface area contributed by atoms with E-state index >= 15 is 0 Å². The fourth-order valence-corrected chi connectivity index (χ4v) is 1.63. The lowest BCUT2D eigenvalue weighted by Crippen LogP contribution is -2.06. The zero-order chi connectivity index (χ0) is 15.5. The number of benzene rings is 2. The van der Waals surface area contributed by atoms with Gasteiger partial charge in [0, 0.05) is 16.8 Å². The van der Waals surface area contributed by atoms with E-state index in [1.807, 2.05) is 0 Å². The van der Waals surface area contributed by atoms with Crippen LogP contribution in [0.4, 0.5) is 18.9 Å². The fourth-order valence-electron chi connectivity index (χ4n) is 1.63. The fraction of sp³-hybridized carbons (Fsp3) is 0.0625. The number of ketones is 1. The van der Waals surface area contributed by atoms with Crippen molar-refractivity contribution in [3.8, 4) is 11.8 Å². The van der Waals surface area contributed by atoms with Crippen molar-refractivity contribution in [1.29, 1.82) is 0 Å². The second-order valence-electron chi connectivity index (χ2n) is 4.24. The highest BCUT2D eigenvalue weighted by Gasteiger charge is 2.30. The molecule has 0 saturated carbocycles. The Hall–Kier alpha value is -2.74. The van der Waals surface area contributed by atoms with Gasteiger partial charge in [0.25, 0.3) is 0 Å². The normalized spacial score (nSPS) is 10.6. The van der Waals surface area contributed by atoms with E-state index in [0.29, 0.717) is 5.56 Å². The summed E-state index contributed by atoms with van der Waals surface area (Å²) < 4.78 is 37.8. The monoisotopic (exact) mass is 289 g/mol. The first-order chi connectivity index (χ1) is 9.88. The number of Topliss-reactive ketones (excluding diaryl/α,β-unsaturated/α-hetero) is 1. The molecule has 2 aromatic carbocycles. The number of carbonyl (C=O) groups excluding carboxylic acids is 1. The van der Waals surface area contributed by atoms with Crippen molar-refractivity contribution in [2.24, 2.45) is 0 Å². The van der Waals surface area contributed by atoms with Crippen LogP contribution in [0.3, 0.4) is 0 Å². The minimum atomic E-state index is -4.48. The van der Waals surface area contributed by atoms with Gasteiger partial charge < -0.3 is 5.73 Å². The van der Waals surface area contributed by atoms with Crippen LogP contribution >= 0.6 is 0 Å². The van der Waals surface area contributed by atoms with Gasteiger partial charge in [0.1, 0.15) is 0 Å². The molecule has 0 saturated heterocycles. The van der Waals surface area contributed by atoms with Gasteiger partial charge >= 0.3 is 6.18 Å². The van der Waals surface area contributed by atoms with E-state index in [4.69, 9.17) is 5.73 Å². The van der Waals surface area contributed by atoms with E-state index in [0.717, 1.165) is 18.2 Å². The van der Waals surface area contributed by atoms with Crippen LogP contribution in [-0.2, 0) is 6.18 Å². The van der Waals surface area contributed by atoms with Gasteiger partial charge in [-0.25, -0.2) is 0 Å². The van der Waals surface area contributed by atoms with Crippen molar-refractivity contribution in [2.75, 3.05) is 5.73 Å². The Morgan fingerprint density at radius 2 is 1.71 bits per heavy atom. The minimum absolute atomic E-state index is 0.0193. The second kappa shape index (κ2) is 5.71. The third kappa shape index (κ3) is 3.63. The maximum absolute atomic E-state index is 12.6. The molecule has 2 rings (SSSR count). The maximum Gasteiger partial charge on any atom is 0.416 e. The molecule has 5 heteroatoms. The zero-order valence-electron chi connectivity index (χ0n) is 10.7. The molecule has 0 fully saturated rings. The number of nitrogens with two attached hydrogens (primary N) is 1. The molecule has 0 bridgehead atoms. The highest BCUT2D eigenvalue weighted by molar-refractivity contribution is 6.09. The molecule has 106 valence electrons. The van der Waals surface area contributed by atoms with Crippen LogP contribution in [0.15, 0.2) is 48.5 Å². The predicted octanol–water partition coefficient (Wildman–Crippen LogP) is 3.52. The lowest BCUT2D eigenvalue weighted by atomic mass is 10.1. The van der Waals surface area contributed by atoms with E-state index in [1.54, 1.807) is 30.3 Å². The summed E-state index contributed by atoms with van der Waals surface area (Å²) >= 11 is 0. The molecule has 2 aromatic rings. The highest BCUT2D eigenvalue weighted by atomic mass is 19.4. The van der Waals surface area contributed by atoms with Crippen LogP contribution in [0, 0.1) is 11.8 Å². The largest absolute Gasteiger partial charge is 0.416 e. The van der Waals surface area contributed by atoms with Gasteiger partial charge in [-0.3, -0.25) is 4.79 Å². The molecule has 0 unspecified atom stereocenters. The average Bonchev–Trinajstić information content (AvgIpc) is 2.45. The van der Waals surface area contributed by atoms with Gasteiger partial charge in [0.2, 0.25) is 5.78 Å². The van der Waals surface area contributed by atoms with Crippen molar-refractivity contribution in [3.05, 3.63) is 65.2 Å². The number of halogens is 3. The van der Waals surface area contributed by atoms with Crippen molar-refractivity contribution in [3.63, 3.8) is 0 Å². The molecule has 0 heterocycles. The predicted molar refractivity (Wildman–Crippen MR) is 73.5 cm³/mol. The Balaban J connectivity index is 2.33. The van der Waals surface area contributed by atoms with Crippen molar-refractivity contribution in [1.82, 2.24) is 0 Å². The topological polar surface area (TPSA) is 43.1 Å². The molecule has 0 aliphatic rings. The van der Waals surface area contributed by atoms with Gasteiger partial charge in [-0.2, -0.15) is 13.2 Å². The summed E-state index contributed by atoms with van der Waals surface area (Å²) in [7, 11) is 0. The Labute approximate surface area is 119 Å². The highest BCUT2D eigenvalue weighted by Crippen LogP contribution is 2.30. The lowest BCUT2D eigenvalue weighted by molar-refractivity contribution is -0.137. The van der Waals surface area contributed by atoms with Crippen LogP contribution in [0.1, 0.15) is 21.5 Å². The molecule has 0 aliphatic heterocycles. The third-order valence-electron chi connectivity index (χ3n) is 2.73. The summed E-state index contributed by atoms with van der Waals surface area (Å²) in [5.41, 5.74) is 5.17. The average molecular weight is 289 g/mol. The summed E-state index contributed by atoms with van der Waals surface area (Å²) in [5.74, 6) is 4.22. The smallest absolute Gasteiger partial charge is 0.398 e. The van der Waals surface area contributed by atoms with E-state index in [-0.39, 0.29) is 11.3 Å². The van der Waals surface area contributed by atoms with Crippen LogP contribution in [0.2, 0.25) is 0 Å². The van der Waals surface area contributed by atoms with E-state index in [2.05, 4.69) is 11.8 Å². The SMILES string of the molecule is Nc1ccc(C(F)(F)F)cc1C#CC(=O)c1ccccc1. The van der Waals surface area contributed by atoms with Crippen molar-refractivity contribution in [2.45, 2.75) is 6.18 Å². The second-order valence-corrected chi connectivity index (χ2v) is 4.24. The third-order valence-corrected chi connectivity index (χ3v) is 2.73. The lowest BCUT2D eigenvalue weighted by Gasteiger charge is -2.07. The maximum atomic E-state index is 12.6. The van der Waals surface area contributed by atoms with Crippen molar-refractivity contribution >= 4 is 11.5 Å². The van der Waals surface area contributed by atoms with Gasteiger partial charge in [0.15, 0.2) is 0 Å². The first kappa shape index (κ1) is 14.7. The first-order valence-electron chi connectivity index (χ1n) is 5.96. The Bertz CT molecular complexity index is 725. The van der Waals surface area contributed by atoms with Crippen LogP contribution in [-0.4, -0.2) is 5.78 Å². The Kier molecular flexibility index (Phi) is 3.99. The van der Waals surface area contributed by atoms with Gasteiger partial charge in [-0.1, -0.05) is 36.3 Å². The van der Waals surface area contributed by atoms with Gasteiger partial charge in [-0.05, 0) is 24.1 Å². The first-order valence-corrected chi connectivity index (χ1v) is 5.96. The molecule has 21 heavy (non-hydrogen) atoms. The molecular formula is C16H10F3NO. The van der Waals surface area contributed by atoms with E-state index < -0.39 is 17.5 Å². The number of carbonyl (C=O) groups is 1. The number of hydrogen-bond donors (Lipinski definition) is 1. The van der Waals surface area contributed by atoms with E-state index in [9.17, 15) is 18.0 Å². The van der Waals surface area contributed by atoms with Gasteiger partial charge in [0.05, 0.1) is 5.56 Å². The number of hydrogen-bond acceptors (Lipinski definition) is 2. The van der Waals surface area contributed by atoms with Crippen molar-refractivity contribution < 1.29 is 18.0 Å². The Morgan fingerprint density at radius 3 is 2.33 bits per heavy atom. The number of nitrogen functional groups attached to an aromatic ring is 1. The van der Waals surface area contributed by atoms with Gasteiger partial charge in [-0.15, -0.1) is 0 Å². The molecule has 0 amide bonds. The number of anilines is 1. The van der Waals surface area contributed by atoms with Crippen LogP contribution < -0.4 is 5.73 Å². The van der Waals surface area contributed by atoms with Crippen LogP contribution in [0.5, 0.6) is 0 Å². The quantitative estimate of drug-likeness (QED) is 0.496. The molecule has 0 radical (unpaired) electrons. The summed E-state index contributed by atoms with van der Waals surface area (Å²) in [6, 6.07) is 11.1. The zero-order valence-corrected chi connectivity index (χ0v) is 10.7. The molecule has 2 N–H and O–H groups in total. The molecule has 2 nitrogen and oxygen atoms in total. The summed E-state index contributed by atoms with van der Waals surface area (Å²) in [4.78, 5) is 11.8.